The average Bonchev–Trinajstić information content (AvgIpc) is 3.26. The van der Waals surface area contributed by atoms with Gasteiger partial charge in [-0.05, 0) is 39.3 Å². The van der Waals surface area contributed by atoms with Crippen LogP contribution in [0.5, 0.6) is 5.75 Å². The van der Waals surface area contributed by atoms with Crippen molar-refractivity contribution in [2.75, 3.05) is 5.32 Å². The summed E-state index contributed by atoms with van der Waals surface area (Å²) in [7, 11) is 0. The fourth-order valence-corrected chi connectivity index (χ4v) is 3.98. The van der Waals surface area contributed by atoms with Gasteiger partial charge in [0.1, 0.15) is 17.4 Å². The van der Waals surface area contributed by atoms with Crippen LogP contribution in [-0.2, 0) is 17.9 Å². The maximum atomic E-state index is 12.4. The Morgan fingerprint density at radius 3 is 2.71 bits per heavy atom. The van der Waals surface area contributed by atoms with Crippen LogP contribution in [0.2, 0.25) is 0 Å². The molecule has 2 aromatic heterocycles. The van der Waals surface area contributed by atoms with Crippen molar-refractivity contribution in [1.82, 2.24) is 25.0 Å². The molecule has 0 bridgehead atoms. The summed E-state index contributed by atoms with van der Waals surface area (Å²) in [5, 5.41) is 20.7. The summed E-state index contributed by atoms with van der Waals surface area (Å²) in [6.45, 7) is 8.69. The molecule has 1 N–H and O–H groups in total. The monoisotopic (exact) mass is 418 g/mol. The SMILES string of the molecule is CCn1c(COc2ccccc2C)nnc1S[C@@H](C)C(=O)Nc1nnc(C)s1. The molecule has 8 nitrogen and oxygen atoms in total. The van der Waals surface area contributed by atoms with Gasteiger partial charge in [0, 0.05) is 6.54 Å². The number of aromatic nitrogens is 5. The molecule has 0 saturated carbocycles. The normalized spacial score (nSPS) is 12.0. The van der Waals surface area contributed by atoms with E-state index >= 15 is 0 Å². The smallest absolute Gasteiger partial charge is 0.239 e. The van der Waals surface area contributed by atoms with Crippen LogP contribution >= 0.6 is 23.1 Å². The molecule has 1 aromatic carbocycles. The van der Waals surface area contributed by atoms with Crippen LogP contribution in [0.3, 0.4) is 0 Å². The first kappa shape index (κ1) is 20.3. The number of nitrogens with zero attached hydrogens (tertiary/aromatic N) is 5. The summed E-state index contributed by atoms with van der Waals surface area (Å²) in [6.07, 6.45) is 0. The maximum Gasteiger partial charge on any atom is 0.239 e. The van der Waals surface area contributed by atoms with Crippen LogP contribution in [-0.4, -0.2) is 36.1 Å². The minimum absolute atomic E-state index is 0.149. The number of carbonyl (C=O) groups excluding carboxylic acids is 1. The zero-order chi connectivity index (χ0) is 20.1. The van der Waals surface area contributed by atoms with Gasteiger partial charge in [-0.1, -0.05) is 41.3 Å². The lowest BCUT2D eigenvalue weighted by Crippen LogP contribution is -2.23. The highest BCUT2D eigenvalue weighted by Crippen LogP contribution is 2.25. The van der Waals surface area contributed by atoms with Crippen molar-refractivity contribution in [2.45, 2.75) is 51.3 Å². The standard InChI is InChI=1S/C18H22N6O2S2/c1-5-24-15(10-26-14-9-7-6-8-11(14)2)21-23-18(24)27-12(3)16(25)19-17-22-20-13(4)28-17/h6-9,12H,5,10H2,1-4H3,(H,19,22,25)/t12-/m0/s1. The predicted molar refractivity (Wildman–Crippen MR) is 110 cm³/mol. The number of hydrogen-bond acceptors (Lipinski definition) is 8. The first-order chi connectivity index (χ1) is 13.5. The zero-order valence-corrected chi connectivity index (χ0v) is 17.8. The molecule has 0 aliphatic carbocycles. The first-order valence-corrected chi connectivity index (χ1v) is 10.6. The minimum atomic E-state index is -0.358. The van der Waals surface area contributed by atoms with E-state index in [9.17, 15) is 4.79 Å². The quantitative estimate of drug-likeness (QED) is 0.560. The Bertz CT molecular complexity index is 955. The second-order valence-electron chi connectivity index (χ2n) is 6.07. The van der Waals surface area contributed by atoms with E-state index in [4.69, 9.17) is 4.74 Å². The molecule has 3 aromatic rings. The molecule has 3 rings (SSSR count). The average molecular weight is 419 g/mol. The van der Waals surface area contributed by atoms with E-state index in [0.717, 1.165) is 22.1 Å². The van der Waals surface area contributed by atoms with Crippen molar-refractivity contribution in [2.24, 2.45) is 0 Å². The van der Waals surface area contributed by atoms with Crippen molar-refractivity contribution < 1.29 is 9.53 Å². The molecule has 1 atom stereocenters. The Kier molecular flexibility index (Phi) is 6.63. The topological polar surface area (TPSA) is 94.8 Å². The second kappa shape index (κ2) is 9.16. The number of carbonyl (C=O) groups is 1. The Labute approximate surface area is 171 Å². The van der Waals surface area contributed by atoms with Gasteiger partial charge in [-0.15, -0.1) is 20.4 Å². The number of aryl methyl sites for hydroxylation is 2. The number of ether oxygens (including phenoxy) is 1. The zero-order valence-electron chi connectivity index (χ0n) is 16.2. The fourth-order valence-electron chi connectivity index (χ4n) is 2.46. The molecule has 0 unspecified atom stereocenters. The number of benzene rings is 1. The Morgan fingerprint density at radius 2 is 2.04 bits per heavy atom. The van der Waals surface area contributed by atoms with Gasteiger partial charge >= 0.3 is 0 Å². The Hall–Kier alpha value is -2.46. The molecule has 0 aliphatic rings. The van der Waals surface area contributed by atoms with E-state index < -0.39 is 0 Å². The number of anilines is 1. The highest BCUT2D eigenvalue weighted by molar-refractivity contribution is 8.00. The predicted octanol–water partition coefficient (Wildman–Crippen LogP) is 3.46. The van der Waals surface area contributed by atoms with E-state index in [1.807, 2.05) is 56.5 Å². The number of hydrogen-bond donors (Lipinski definition) is 1. The van der Waals surface area contributed by atoms with E-state index in [1.54, 1.807) is 0 Å². The molecule has 0 fully saturated rings. The van der Waals surface area contributed by atoms with Gasteiger partial charge in [0.2, 0.25) is 11.0 Å². The summed E-state index contributed by atoms with van der Waals surface area (Å²) in [5.41, 5.74) is 1.07. The second-order valence-corrected chi connectivity index (χ2v) is 8.56. The first-order valence-electron chi connectivity index (χ1n) is 8.86. The number of thioether (sulfide) groups is 1. The number of amides is 1. The molecule has 148 valence electrons. The largest absolute Gasteiger partial charge is 0.485 e. The van der Waals surface area contributed by atoms with Crippen molar-refractivity contribution in [3.05, 3.63) is 40.7 Å². The van der Waals surface area contributed by atoms with Gasteiger partial charge in [0.25, 0.3) is 0 Å². The molecule has 0 spiro atoms. The summed E-state index contributed by atoms with van der Waals surface area (Å²) >= 11 is 2.70. The highest BCUT2D eigenvalue weighted by atomic mass is 32.2. The van der Waals surface area contributed by atoms with Crippen LogP contribution in [0, 0.1) is 13.8 Å². The van der Waals surface area contributed by atoms with Gasteiger partial charge in [0.05, 0.1) is 5.25 Å². The molecular weight excluding hydrogens is 396 g/mol. The summed E-state index contributed by atoms with van der Waals surface area (Å²) in [4.78, 5) is 12.4. The molecule has 28 heavy (non-hydrogen) atoms. The van der Waals surface area contributed by atoms with Crippen LogP contribution in [0.25, 0.3) is 0 Å². The van der Waals surface area contributed by atoms with Crippen molar-refractivity contribution in [1.29, 1.82) is 0 Å². The third-order valence-electron chi connectivity index (χ3n) is 3.97. The van der Waals surface area contributed by atoms with Gasteiger partial charge < -0.3 is 9.30 Å². The van der Waals surface area contributed by atoms with Gasteiger partial charge in [0.15, 0.2) is 11.0 Å². The third kappa shape index (κ3) is 4.87. The summed E-state index contributed by atoms with van der Waals surface area (Å²) in [5.74, 6) is 1.40. The molecule has 0 radical (unpaired) electrons. The third-order valence-corrected chi connectivity index (χ3v) is 5.80. The van der Waals surface area contributed by atoms with Crippen LogP contribution in [0.4, 0.5) is 5.13 Å². The van der Waals surface area contributed by atoms with Crippen LogP contribution < -0.4 is 10.1 Å². The van der Waals surface area contributed by atoms with Gasteiger partial charge in [-0.3, -0.25) is 10.1 Å². The van der Waals surface area contributed by atoms with Crippen LogP contribution in [0.15, 0.2) is 29.4 Å². The van der Waals surface area contributed by atoms with E-state index in [0.29, 0.717) is 23.4 Å². The van der Waals surface area contributed by atoms with Gasteiger partial charge in [-0.25, -0.2) is 0 Å². The molecular formula is C18H22N6O2S2. The molecule has 0 aliphatic heterocycles. The minimum Gasteiger partial charge on any atom is -0.485 e. The maximum absolute atomic E-state index is 12.4. The Morgan fingerprint density at radius 1 is 1.25 bits per heavy atom. The molecule has 1 amide bonds. The van der Waals surface area contributed by atoms with Gasteiger partial charge in [-0.2, -0.15) is 0 Å². The molecule has 10 heteroatoms. The van der Waals surface area contributed by atoms with Crippen molar-refractivity contribution in [3.63, 3.8) is 0 Å². The van der Waals surface area contributed by atoms with Crippen molar-refractivity contribution in [3.8, 4) is 5.75 Å². The fraction of sp³-hybridized carbons (Fsp3) is 0.389. The number of nitrogens with one attached hydrogen (secondary N) is 1. The lowest BCUT2D eigenvalue weighted by Gasteiger charge is -2.12. The van der Waals surface area contributed by atoms with Crippen LogP contribution in [0.1, 0.15) is 30.2 Å². The highest BCUT2D eigenvalue weighted by Gasteiger charge is 2.21. The van der Waals surface area contributed by atoms with E-state index in [2.05, 4.69) is 25.7 Å². The van der Waals surface area contributed by atoms with E-state index in [-0.39, 0.29) is 11.2 Å². The Balaban J connectivity index is 1.64. The molecule has 0 saturated heterocycles. The van der Waals surface area contributed by atoms with Crippen molar-refractivity contribution >= 4 is 34.1 Å². The summed E-state index contributed by atoms with van der Waals surface area (Å²) < 4.78 is 7.85. The lowest BCUT2D eigenvalue weighted by molar-refractivity contribution is -0.115. The molecule has 2 heterocycles. The lowest BCUT2D eigenvalue weighted by atomic mass is 10.2. The number of rotatable bonds is 8. The summed E-state index contributed by atoms with van der Waals surface area (Å²) in [6, 6.07) is 7.84. The number of para-hydroxylation sites is 1. The van der Waals surface area contributed by atoms with E-state index in [1.165, 1.54) is 23.1 Å².